The van der Waals surface area contributed by atoms with E-state index < -0.39 is 17.0 Å². The minimum absolute atomic E-state index is 0.0462. The van der Waals surface area contributed by atoms with E-state index in [1.54, 1.807) is 24.5 Å². The first kappa shape index (κ1) is 17.1. The van der Waals surface area contributed by atoms with Gasteiger partial charge in [0.05, 0.1) is 5.56 Å². The second-order valence-electron chi connectivity index (χ2n) is 4.95. The maximum atomic E-state index is 11.6. The second-order valence-corrected chi connectivity index (χ2v) is 5.86. The van der Waals surface area contributed by atoms with Crippen molar-refractivity contribution in [1.29, 1.82) is 0 Å². The van der Waals surface area contributed by atoms with Crippen LogP contribution in [0.4, 0.5) is 5.69 Å². The number of carboxylic acid groups (broad SMARTS) is 1. The molecule has 1 unspecified atom stereocenters. The van der Waals surface area contributed by atoms with E-state index in [0.717, 1.165) is 12.8 Å². The summed E-state index contributed by atoms with van der Waals surface area (Å²) < 4.78 is 23.2. The second kappa shape index (κ2) is 7.85. The van der Waals surface area contributed by atoms with Crippen LogP contribution in [0.15, 0.2) is 41.6 Å². The van der Waals surface area contributed by atoms with Crippen LogP contribution < -0.4 is 5.32 Å². The van der Waals surface area contributed by atoms with Gasteiger partial charge in [0.1, 0.15) is 0 Å². The molecule has 23 heavy (non-hydrogen) atoms. The standard InChI is InChI=1S/C16H18N2O4S/c1-2-3-6-18-13-9-12(16(19)20)10-14(23(21)22)15(13)11-4-7-17-8-5-11/h4-5,7-10,18H,2-3,6H2,1H3,(H,19,20)(H,21,22)/p-1. The monoisotopic (exact) mass is 333 g/mol. The van der Waals surface area contributed by atoms with Crippen molar-refractivity contribution in [2.45, 2.75) is 24.7 Å². The minimum atomic E-state index is -2.56. The van der Waals surface area contributed by atoms with Gasteiger partial charge in [-0.2, -0.15) is 0 Å². The normalized spacial score (nSPS) is 11.9. The summed E-state index contributed by atoms with van der Waals surface area (Å²) in [6.07, 6.45) is 4.99. The number of pyridine rings is 1. The van der Waals surface area contributed by atoms with Gasteiger partial charge in [0.15, 0.2) is 0 Å². The number of anilines is 1. The zero-order valence-electron chi connectivity index (χ0n) is 12.6. The van der Waals surface area contributed by atoms with E-state index in [1.165, 1.54) is 12.1 Å². The molecule has 6 nitrogen and oxygen atoms in total. The number of unbranched alkanes of at least 4 members (excludes halogenated alkanes) is 1. The van der Waals surface area contributed by atoms with Crippen molar-refractivity contribution < 1.29 is 18.7 Å². The van der Waals surface area contributed by atoms with E-state index in [4.69, 9.17) is 0 Å². The van der Waals surface area contributed by atoms with E-state index in [9.17, 15) is 18.7 Å². The molecule has 0 aliphatic carbocycles. The minimum Gasteiger partial charge on any atom is -0.768 e. The first-order valence-corrected chi connectivity index (χ1v) is 8.27. The van der Waals surface area contributed by atoms with Crippen LogP contribution in [0.25, 0.3) is 11.1 Å². The van der Waals surface area contributed by atoms with Crippen molar-refractivity contribution in [3.8, 4) is 11.1 Å². The fraction of sp³-hybridized carbons (Fsp3) is 0.250. The molecule has 0 bridgehead atoms. The number of carboxylic acids is 1. The van der Waals surface area contributed by atoms with E-state index >= 15 is 0 Å². The Bertz CT molecular complexity index is 720. The van der Waals surface area contributed by atoms with Gasteiger partial charge in [-0.3, -0.25) is 9.19 Å². The summed E-state index contributed by atoms with van der Waals surface area (Å²) >= 11 is -2.56. The van der Waals surface area contributed by atoms with Crippen molar-refractivity contribution in [2.24, 2.45) is 0 Å². The Hall–Kier alpha value is -2.25. The largest absolute Gasteiger partial charge is 0.768 e. The molecule has 0 aliphatic heterocycles. The van der Waals surface area contributed by atoms with Crippen LogP contribution in [0, 0.1) is 0 Å². The number of carbonyl (C=O) groups is 1. The summed E-state index contributed by atoms with van der Waals surface area (Å²) in [5, 5.41) is 12.4. The zero-order valence-corrected chi connectivity index (χ0v) is 13.4. The molecule has 1 aromatic carbocycles. The maximum absolute atomic E-state index is 11.6. The zero-order chi connectivity index (χ0) is 16.8. The first-order chi connectivity index (χ1) is 11.0. The van der Waals surface area contributed by atoms with Crippen LogP contribution in [-0.4, -0.2) is 31.4 Å². The van der Waals surface area contributed by atoms with Gasteiger partial charge in [-0.15, -0.1) is 0 Å². The molecule has 7 heteroatoms. The molecule has 0 radical (unpaired) electrons. The Morgan fingerprint density at radius 1 is 1.35 bits per heavy atom. The molecule has 1 heterocycles. The van der Waals surface area contributed by atoms with Gasteiger partial charge in [0, 0.05) is 35.1 Å². The lowest BCUT2D eigenvalue weighted by Gasteiger charge is -2.19. The molecule has 2 N–H and O–H groups in total. The predicted octanol–water partition coefficient (Wildman–Crippen LogP) is 2.90. The highest BCUT2D eigenvalue weighted by molar-refractivity contribution is 7.79. The third-order valence-corrected chi connectivity index (χ3v) is 4.02. The lowest BCUT2D eigenvalue weighted by Crippen LogP contribution is -2.08. The van der Waals surface area contributed by atoms with Crippen molar-refractivity contribution in [1.82, 2.24) is 4.98 Å². The van der Waals surface area contributed by atoms with Crippen LogP contribution in [0.2, 0.25) is 0 Å². The molecule has 0 spiro atoms. The van der Waals surface area contributed by atoms with E-state index in [1.807, 2.05) is 6.92 Å². The number of nitrogens with one attached hydrogen (secondary N) is 1. The van der Waals surface area contributed by atoms with Crippen molar-refractivity contribution >= 4 is 22.7 Å². The van der Waals surface area contributed by atoms with Crippen molar-refractivity contribution in [2.75, 3.05) is 11.9 Å². The SMILES string of the molecule is CCCCNc1cc(C(=O)O)cc(S(=O)[O-])c1-c1ccncc1. The highest BCUT2D eigenvalue weighted by atomic mass is 32.2. The lowest BCUT2D eigenvalue weighted by molar-refractivity contribution is 0.0696. The number of hydrogen-bond donors (Lipinski definition) is 2. The molecule has 0 saturated heterocycles. The summed E-state index contributed by atoms with van der Waals surface area (Å²) in [6, 6.07) is 6.02. The Kier molecular flexibility index (Phi) is 5.84. The third kappa shape index (κ3) is 4.14. The number of benzene rings is 1. The number of nitrogens with zero attached hydrogens (tertiary/aromatic N) is 1. The Balaban J connectivity index is 2.63. The molecule has 0 fully saturated rings. The predicted molar refractivity (Wildman–Crippen MR) is 87.2 cm³/mol. The Morgan fingerprint density at radius 2 is 2.04 bits per heavy atom. The molecule has 2 aromatic rings. The molecule has 2 rings (SSSR count). The Labute approximate surface area is 136 Å². The lowest BCUT2D eigenvalue weighted by atomic mass is 10.0. The maximum Gasteiger partial charge on any atom is 0.335 e. The van der Waals surface area contributed by atoms with Gasteiger partial charge in [-0.05, 0) is 47.3 Å². The smallest absolute Gasteiger partial charge is 0.335 e. The molecule has 1 atom stereocenters. The van der Waals surface area contributed by atoms with Gasteiger partial charge >= 0.3 is 5.97 Å². The fourth-order valence-electron chi connectivity index (χ4n) is 2.23. The average molecular weight is 333 g/mol. The number of hydrogen-bond acceptors (Lipinski definition) is 5. The van der Waals surface area contributed by atoms with Crippen molar-refractivity contribution in [3.63, 3.8) is 0 Å². The quantitative estimate of drug-likeness (QED) is 0.596. The van der Waals surface area contributed by atoms with E-state index in [-0.39, 0.29) is 10.5 Å². The first-order valence-electron chi connectivity index (χ1n) is 7.19. The molecule has 0 amide bonds. The van der Waals surface area contributed by atoms with Crippen LogP contribution in [0.3, 0.4) is 0 Å². The summed E-state index contributed by atoms with van der Waals surface area (Å²) in [7, 11) is 0. The van der Waals surface area contributed by atoms with Crippen LogP contribution in [-0.2, 0) is 11.1 Å². The van der Waals surface area contributed by atoms with E-state index in [2.05, 4.69) is 10.3 Å². The summed E-state index contributed by atoms with van der Waals surface area (Å²) in [5.74, 6) is -1.17. The van der Waals surface area contributed by atoms with Gasteiger partial charge < -0.3 is 15.0 Å². The summed E-state index contributed by atoms with van der Waals surface area (Å²) in [4.78, 5) is 15.1. The van der Waals surface area contributed by atoms with Gasteiger partial charge in [-0.1, -0.05) is 13.3 Å². The van der Waals surface area contributed by atoms with Gasteiger partial charge in [-0.25, -0.2) is 4.79 Å². The molecular weight excluding hydrogens is 316 g/mol. The average Bonchev–Trinajstić information content (AvgIpc) is 2.55. The summed E-state index contributed by atoms with van der Waals surface area (Å²) in [5.41, 5.74) is 1.54. The highest BCUT2D eigenvalue weighted by Gasteiger charge is 2.16. The van der Waals surface area contributed by atoms with Crippen LogP contribution in [0.1, 0.15) is 30.1 Å². The molecule has 122 valence electrons. The van der Waals surface area contributed by atoms with Gasteiger partial charge in [0.2, 0.25) is 0 Å². The van der Waals surface area contributed by atoms with Gasteiger partial charge in [0.25, 0.3) is 0 Å². The number of aromatic nitrogens is 1. The molecular formula is C16H17N2O4S-. The topological polar surface area (TPSA) is 102 Å². The Morgan fingerprint density at radius 3 is 2.61 bits per heavy atom. The van der Waals surface area contributed by atoms with Crippen LogP contribution in [0.5, 0.6) is 0 Å². The molecule has 0 aliphatic rings. The highest BCUT2D eigenvalue weighted by Crippen LogP contribution is 2.34. The fourth-order valence-corrected chi connectivity index (χ4v) is 2.84. The van der Waals surface area contributed by atoms with Crippen LogP contribution >= 0.6 is 0 Å². The summed E-state index contributed by atoms with van der Waals surface area (Å²) in [6.45, 7) is 2.67. The van der Waals surface area contributed by atoms with E-state index in [0.29, 0.717) is 23.4 Å². The number of rotatable bonds is 7. The number of aromatic carboxylic acids is 1. The molecule has 0 saturated carbocycles. The van der Waals surface area contributed by atoms with Crippen molar-refractivity contribution in [3.05, 3.63) is 42.2 Å². The third-order valence-electron chi connectivity index (χ3n) is 3.34. The molecule has 1 aromatic heterocycles.